The number of aliphatic carboxylic acids is 1. The summed E-state index contributed by atoms with van der Waals surface area (Å²) in [5, 5.41) is 11.0. The van der Waals surface area contributed by atoms with Crippen LogP contribution in [0.2, 0.25) is 0 Å². The van der Waals surface area contributed by atoms with E-state index in [-0.39, 0.29) is 12.3 Å². The Hall–Kier alpha value is -1.43. The Morgan fingerprint density at radius 1 is 1.50 bits per heavy atom. The van der Waals surface area contributed by atoms with Crippen LogP contribution in [-0.4, -0.2) is 28.5 Å². The van der Waals surface area contributed by atoms with E-state index in [0.29, 0.717) is 23.1 Å². The Balaban J connectivity index is 2.38. The van der Waals surface area contributed by atoms with E-state index in [1.807, 2.05) is 0 Å². The molecule has 0 aliphatic rings. The SMILES string of the molecule is O=C(O)CCCNC(=O)c1ccnc(Br)c1. The summed E-state index contributed by atoms with van der Waals surface area (Å²) >= 11 is 3.16. The van der Waals surface area contributed by atoms with E-state index in [1.54, 1.807) is 12.1 Å². The lowest BCUT2D eigenvalue weighted by Crippen LogP contribution is -2.24. The van der Waals surface area contributed by atoms with Gasteiger partial charge in [0.2, 0.25) is 0 Å². The highest BCUT2D eigenvalue weighted by atomic mass is 79.9. The largest absolute Gasteiger partial charge is 0.481 e. The van der Waals surface area contributed by atoms with Crippen LogP contribution in [0.25, 0.3) is 0 Å². The van der Waals surface area contributed by atoms with Gasteiger partial charge in [-0.3, -0.25) is 9.59 Å². The van der Waals surface area contributed by atoms with E-state index in [9.17, 15) is 9.59 Å². The van der Waals surface area contributed by atoms with Gasteiger partial charge in [-0.2, -0.15) is 0 Å². The molecular weight excluding hydrogens is 276 g/mol. The van der Waals surface area contributed by atoms with Crippen molar-refractivity contribution in [2.24, 2.45) is 0 Å². The molecule has 2 N–H and O–H groups in total. The van der Waals surface area contributed by atoms with Gasteiger partial charge in [0, 0.05) is 24.7 Å². The maximum Gasteiger partial charge on any atom is 0.303 e. The van der Waals surface area contributed by atoms with Gasteiger partial charge in [0.05, 0.1) is 0 Å². The summed E-state index contributed by atoms with van der Waals surface area (Å²) in [5.41, 5.74) is 0.497. The first-order valence-corrected chi connectivity index (χ1v) is 5.50. The summed E-state index contributed by atoms with van der Waals surface area (Å²) in [5.74, 6) is -1.09. The number of amides is 1. The first-order valence-electron chi connectivity index (χ1n) is 4.71. The highest BCUT2D eigenvalue weighted by molar-refractivity contribution is 9.10. The van der Waals surface area contributed by atoms with Gasteiger partial charge >= 0.3 is 5.97 Å². The van der Waals surface area contributed by atoms with Gasteiger partial charge < -0.3 is 10.4 Å². The van der Waals surface area contributed by atoms with Crippen LogP contribution >= 0.6 is 15.9 Å². The molecule has 5 nitrogen and oxygen atoms in total. The van der Waals surface area contributed by atoms with Gasteiger partial charge in [-0.25, -0.2) is 4.98 Å². The molecule has 0 bridgehead atoms. The molecule has 0 aromatic carbocycles. The summed E-state index contributed by atoms with van der Waals surface area (Å²) in [4.78, 5) is 25.7. The quantitative estimate of drug-likeness (QED) is 0.634. The van der Waals surface area contributed by atoms with Crippen molar-refractivity contribution in [2.45, 2.75) is 12.8 Å². The monoisotopic (exact) mass is 286 g/mol. The second-order valence-electron chi connectivity index (χ2n) is 3.12. The number of aromatic nitrogens is 1. The third-order valence-corrected chi connectivity index (χ3v) is 2.28. The first-order chi connectivity index (χ1) is 7.59. The fraction of sp³-hybridized carbons (Fsp3) is 0.300. The Morgan fingerprint density at radius 3 is 2.88 bits per heavy atom. The zero-order valence-corrected chi connectivity index (χ0v) is 10.0. The fourth-order valence-electron chi connectivity index (χ4n) is 1.09. The number of carboxylic acid groups (broad SMARTS) is 1. The van der Waals surface area contributed by atoms with Crippen molar-refractivity contribution in [1.29, 1.82) is 0 Å². The van der Waals surface area contributed by atoms with Gasteiger partial charge in [-0.05, 0) is 34.5 Å². The molecule has 0 radical (unpaired) electrons. The van der Waals surface area contributed by atoms with Gasteiger partial charge in [-0.15, -0.1) is 0 Å². The van der Waals surface area contributed by atoms with Crippen LogP contribution in [0, 0.1) is 0 Å². The molecule has 0 aliphatic heterocycles. The van der Waals surface area contributed by atoms with E-state index in [0.717, 1.165) is 0 Å². The third kappa shape index (κ3) is 4.39. The lowest BCUT2D eigenvalue weighted by Gasteiger charge is -2.03. The average Bonchev–Trinajstić information content (AvgIpc) is 2.24. The average molecular weight is 287 g/mol. The van der Waals surface area contributed by atoms with Crippen LogP contribution in [-0.2, 0) is 4.79 Å². The van der Waals surface area contributed by atoms with E-state index in [2.05, 4.69) is 26.2 Å². The molecule has 1 amide bonds. The first kappa shape index (κ1) is 12.6. The van der Waals surface area contributed by atoms with Crippen molar-refractivity contribution < 1.29 is 14.7 Å². The van der Waals surface area contributed by atoms with Crippen molar-refractivity contribution >= 4 is 27.8 Å². The molecular formula is C10H11BrN2O3. The van der Waals surface area contributed by atoms with E-state index in [4.69, 9.17) is 5.11 Å². The van der Waals surface area contributed by atoms with Crippen LogP contribution in [0.5, 0.6) is 0 Å². The van der Waals surface area contributed by atoms with Crippen molar-refractivity contribution in [2.75, 3.05) is 6.54 Å². The molecule has 16 heavy (non-hydrogen) atoms. The minimum atomic E-state index is -0.860. The lowest BCUT2D eigenvalue weighted by molar-refractivity contribution is -0.137. The third-order valence-electron chi connectivity index (χ3n) is 1.84. The zero-order valence-electron chi connectivity index (χ0n) is 8.44. The Bertz CT molecular complexity index is 395. The Kier molecular flexibility index (Phi) is 4.91. The molecule has 1 heterocycles. The number of carboxylic acids is 1. The van der Waals surface area contributed by atoms with E-state index in [1.165, 1.54) is 6.20 Å². The van der Waals surface area contributed by atoms with Crippen LogP contribution in [0.1, 0.15) is 23.2 Å². The molecule has 0 saturated heterocycles. The van der Waals surface area contributed by atoms with Gasteiger partial charge in [-0.1, -0.05) is 0 Å². The number of carbonyl (C=O) groups is 2. The maximum absolute atomic E-state index is 11.5. The van der Waals surface area contributed by atoms with Crippen LogP contribution < -0.4 is 5.32 Å². The molecule has 86 valence electrons. The molecule has 0 aliphatic carbocycles. The fourth-order valence-corrected chi connectivity index (χ4v) is 1.45. The number of nitrogens with zero attached hydrogens (tertiary/aromatic N) is 1. The number of carbonyl (C=O) groups excluding carboxylic acids is 1. The molecule has 1 rings (SSSR count). The summed E-state index contributed by atoms with van der Waals surface area (Å²) in [6, 6.07) is 3.20. The molecule has 0 unspecified atom stereocenters. The predicted octanol–water partition coefficient (Wildman–Crippen LogP) is 1.44. The Morgan fingerprint density at radius 2 is 2.25 bits per heavy atom. The highest BCUT2D eigenvalue weighted by Crippen LogP contribution is 2.07. The van der Waals surface area contributed by atoms with Crippen LogP contribution in [0.3, 0.4) is 0 Å². The molecule has 0 spiro atoms. The van der Waals surface area contributed by atoms with Crippen LogP contribution in [0.15, 0.2) is 22.9 Å². The predicted molar refractivity (Wildman–Crippen MR) is 61.1 cm³/mol. The van der Waals surface area contributed by atoms with E-state index >= 15 is 0 Å². The van der Waals surface area contributed by atoms with Crippen LogP contribution in [0.4, 0.5) is 0 Å². The topological polar surface area (TPSA) is 79.3 Å². The van der Waals surface area contributed by atoms with Crippen molar-refractivity contribution in [3.05, 3.63) is 28.5 Å². The number of halogens is 1. The molecule has 1 aromatic heterocycles. The molecule has 6 heteroatoms. The highest BCUT2D eigenvalue weighted by Gasteiger charge is 2.05. The second kappa shape index (κ2) is 6.22. The number of nitrogens with one attached hydrogen (secondary N) is 1. The molecule has 0 fully saturated rings. The number of hydrogen-bond acceptors (Lipinski definition) is 3. The number of rotatable bonds is 5. The maximum atomic E-state index is 11.5. The van der Waals surface area contributed by atoms with Crippen molar-refractivity contribution in [3.63, 3.8) is 0 Å². The summed E-state index contributed by atoms with van der Waals surface area (Å²) in [7, 11) is 0. The Labute approximate surface area is 101 Å². The summed E-state index contributed by atoms with van der Waals surface area (Å²) in [6.07, 6.45) is 2.00. The standard InChI is InChI=1S/C10H11BrN2O3/c11-8-6-7(3-5-12-8)10(16)13-4-1-2-9(14)15/h3,5-6H,1-2,4H2,(H,13,16)(H,14,15). The molecule has 0 saturated carbocycles. The smallest absolute Gasteiger partial charge is 0.303 e. The van der Waals surface area contributed by atoms with E-state index < -0.39 is 5.97 Å². The lowest BCUT2D eigenvalue weighted by atomic mass is 10.2. The minimum Gasteiger partial charge on any atom is -0.481 e. The van der Waals surface area contributed by atoms with Gasteiger partial charge in [0.1, 0.15) is 4.60 Å². The summed E-state index contributed by atoms with van der Waals surface area (Å²) < 4.78 is 0.589. The summed E-state index contributed by atoms with van der Waals surface area (Å²) in [6.45, 7) is 0.352. The molecule has 0 atom stereocenters. The minimum absolute atomic E-state index is 0.0559. The molecule has 1 aromatic rings. The van der Waals surface area contributed by atoms with Crippen molar-refractivity contribution in [1.82, 2.24) is 10.3 Å². The zero-order chi connectivity index (χ0) is 12.0. The van der Waals surface area contributed by atoms with Gasteiger partial charge in [0.25, 0.3) is 5.91 Å². The van der Waals surface area contributed by atoms with Gasteiger partial charge in [0.15, 0.2) is 0 Å². The normalized spacial score (nSPS) is 9.81. The van der Waals surface area contributed by atoms with Crippen molar-refractivity contribution in [3.8, 4) is 0 Å². The number of hydrogen-bond donors (Lipinski definition) is 2. The number of pyridine rings is 1. The second-order valence-corrected chi connectivity index (χ2v) is 3.93.